The Hall–Kier alpha value is -0.153. The smallest absolute Gasteiger partial charge is 0.193 e. The number of thiazole rings is 1. The van der Waals surface area contributed by atoms with E-state index in [1.165, 1.54) is 24.7 Å². The van der Waals surface area contributed by atoms with Crippen LogP contribution in [0.5, 0.6) is 0 Å². The highest BCUT2D eigenvalue weighted by molar-refractivity contribution is 7.07. The lowest BCUT2D eigenvalue weighted by Gasteiger charge is -2.13. The van der Waals surface area contributed by atoms with Gasteiger partial charge in [0.05, 0.1) is 5.38 Å². The molecule has 13 heavy (non-hydrogen) atoms. The zero-order valence-corrected chi connectivity index (χ0v) is 10.9. The van der Waals surface area contributed by atoms with Crippen molar-refractivity contribution >= 4 is 19.4 Å². The van der Waals surface area contributed by atoms with E-state index in [1.807, 2.05) is 0 Å². The monoisotopic (exact) mass is 214 g/mol. The van der Waals surface area contributed by atoms with Crippen molar-refractivity contribution in [2.75, 3.05) is 0 Å². The fourth-order valence-electron chi connectivity index (χ4n) is 1.36. The average Bonchev–Trinajstić information content (AvgIpc) is 2.34. The summed E-state index contributed by atoms with van der Waals surface area (Å²) in [6.45, 7) is 10.7. The standard InChI is InChI=1S/C10H20NSSi/c1-10-8-12-9-11(10)6-5-7-13(2,3)4/h8-9H,5-7H2,1-4H3/q+1. The summed E-state index contributed by atoms with van der Waals surface area (Å²) < 4.78 is 2.37. The topological polar surface area (TPSA) is 3.88 Å². The van der Waals surface area contributed by atoms with E-state index >= 15 is 0 Å². The third-order valence-corrected chi connectivity index (χ3v) is 4.91. The van der Waals surface area contributed by atoms with Crippen LogP contribution in [0.1, 0.15) is 12.1 Å². The van der Waals surface area contributed by atoms with E-state index < -0.39 is 8.07 Å². The zero-order chi connectivity index (χ0) is 9.90. The lowest BCUT2D eigenvalue weighted by Crippen LogP contribution is -2.35. The molecule has 0 fully saturated rings. The minimum Gasteiger partial charge on any atom is -0.193 e. The van der Waals surface area contributed by atoms with Gasteiger partial charge in [-0.1, -0.05) is 37.0 Å². The predicted molar refractivity (Wildman–Crippen MR) is 62.0 cm³/mol. The third-order valence-electron chi connectivity index (χ3n) is 2.21. The molecule has 74 valence electrons. The van der Waals surface area contributed by atoms with E-state index in [0.717, 1.165) is 0 Å². The van der Waals surface area contributed by atoms with Crippen LogP contribution in [-0.2, 0) is 6.54 Å². The number of hydrogen-bond acceptors (Lipinski definition) is 1. The zero-order valence-electron chi connectivity index (χ0n) is 9.13. The van der Waals surface area contributed by atoms with Crippen LogP contribution < -0.4 is 4.57 Å². The summed E-state index contributed by atoms with van der Waals surface area (Å²) >= 11 is 1.80. The van der Waals surface area contributed by atoms with E-state index in [2.05, 4.69) is 42.0 Å². The molecule has 0 aliphatic heterocycles. The van der Waals surface area contributed by atoms with Crippen molar-refractivity contribution in [3.63, 3.8) is 0 Å². The molecule has 0 saturated heterocycles. The van der Waals surface area contributed by atoms with E-state index in [9.17, 15) is 0 Å². The van der Waals surface area contributed by atoms with Crippen LogP contribution in [0.25, 0.3) is 0 Å². The van der Waals surface area contributed by atoms with Gasteiger partial charge in [-0.25, -0.2) is 0 Å². The van der Waals surface area contributed by atoms with E-state index in [4.69, 9.17) is 0 Å². The first-order valence-corrected chi connectivity index (χ1v) is 9.56. The Bertz CT molecular complexity index is 262. The Morgan fingerprint density at radius 3 is 2.54 bits per heavy atom. The highest BCUT2D eigenvalue weighted by atomic mass is 32.1. The summed E-state index contributed by atoms with van der Waals surface area (Å²) in [6.07, 6.45) is 1.35. The molecule has 0 atom stereocenters. The molecule has 0 aliphatic carbocycles. The van der Waals surface area contributed by atoms with Crippen LogP contribution in [0, 0.1) is 6.92 Å². The lowest BCUT2D eigenvalue weighted by atomic mass is 10.4. The molecule has 0 unspecified atom stereocenters. The first-order chi connectivity index (χ1) is 5.99. The lowest BCUT2D eigenvalue weighted by molar-refractivity contribution is -0.698. The van der Waals surface area contributed by atoms with E-state index in [0.29, 0.717) is 0 Å². The number of hydrogen-bond donors (Lipinski definition) is 0. The molecule has 0 saturated carbocycles. The van der Waals surface area contributed by atoms with Gasteiger partial charge >= 0.3 is 0 Å². The molecule has 3 heteroatoms. The Labute approximate surface area is 86.4 Å². The second-order valence-corrected chi connectivity index (χ2v) is 11.2. The van der Waals surface area contributed by atoms with E-state index in [1.54, 1.807) is 11.3 Å². The Morgan fingerprint density at radius 2 is 2.08 bits per heavy atom. The second-order valence-electron chi connectivity index (χ2n) is 4.86. The van der Waals surface area contributed by atoms with Gasteiger partial charge < -0.3 is 0 Å². The third kappa shape index (κ3) is 4.05. The predicted octanol–water partition coefficient (Wildman–Crippen LogP) is 3.07. The number of aryl methyl sites for hydroxylation is 2. The van der Waals surface area contributed by atoms with Gasteiger partial charge in [0, 0.05) is 21.4 Å². The maximum Gasteiger partial charge on any atom is 0.224 e. The summed E-state index contributed by atoms with van der Waals surface area (Å²) in [6, 6.07) is 1.44. The average molecular weight is 214 g/mol. The highest BCUT2D eigenvalue weighted by Gasteiger charge is 2.14. The Morgan fingerprint density at radius 1 is 1.38 bits per heavy atom. The van der Waals surface area contributed by atoms with Gasteiger partial charge in [0.1, 0.15) is 6.54 Å². The minimum atomic E-state index is -0.818. The molecule has 1 aromatic rings. The summed E-state index contributed by atoms with van der Waals surface area (Å²) in [5.74, 6) is 0. The molecule has 0 N–H and O–H groups in total. The fourth-order valence-corrected chi connectivity index (χ4v) is 3.39. The molecule has 1 heterocycles. The van der Waals surface area contributed by atoms with Crippen LogP contribution in [0.2, 0.25) is 25.7 Å². The summed E-state index contributed by atoms with van der Waals surface area (Å²) in [5, 5.41) is 2.22. The van der Waals surface area contributed by atoms with Crippen molar-refractivity contribution < 1.29 is 4.57 Å². The first kappa shape index (κ1) is 10.9. The molecule has 0 radical (unpaired) electrons. The van der Waals surface area contributed by atoms with Gasteiger partial charge in [-0.05, 0) is 0 Å². The van der Waals surface area contributed by atoms with Crippen LogP contribution >= 0.6 is 11.3 Å². The van der Waals surface area contributed by atoms with Crippen molar-refractivity contribution in [2.45, 2.75) is 45.6 Å². The second kappa shape index (κ2) is 4.38. The molecule has 0 amide bonds. The van der Waals surface area contributed by atoms with Gasteiger partial charge in [0.2, 0.25) is 5.51 Å². The molecular formula is C10H20NSSi+. The van der Waals surface area contributed by atoms with Crippen molar-refractivity contribution in [3.05, 3.63) is 16.6 Å². The van der Waals surface area contributed by atoms with Crippen LogP contribution in [0.3, 0.4) is 0 Å². The molecule has 0 bridgehead atoms. The van der Waals surface area contributed by atoms with Gasteiger partial charge in [-0.15, -0.1) is 0 Å². The minimum absolute atomic E-state index is 0.818. The van der Waals surface area contributed by atoms with Gasteiger partial charge in [0.25, 0.3) is 0 Å². The summed E-state index contributed by atoms with van der Waals surface area (Å²) in [4.78, 5) is 0. The summed E-state index contributed by atoms with van der Waals surface area (Å²) in [5.41, 5.74) is 3.63. The first-order valence-electron chi connectivity index (χ1n) is 4.91. The fraction of sp³-hybridized carbons (Fsp3) is 0.700. The van der Waals surface area contributed by atoms with Crippen LogP contribution in [-0.4, -0.2) is 8.07 Å². The molecular weight excluding hydrogens is 194 g/mol. The Kier molecular flexibility index (Phi) is 3.68. The van der Waals surface area contributed by atoms with Crippen molar-refractivity contribution in [2.24, 2.45) is 0 Å². The van der Waals surface area contributed by atoms with Crippen LogP contribution in [0.4, 0.5) is 0 Å². The van der Waals surface area contributed by atoms with Crippen molar-refractivity contribution in [3.8, 4) is 0 Å². The maximum atomic E-state index is 2.44. The molecule has 1 rings (SSSR count). The van der Waals surface area contributed by atoms with Crippen molar-refractivity contribution in [1.29, 1.82) is 0 Å². The van der Waals surface area contributed by atoms with Gasteiger partial charge in [-0.3, -0.25) is 0 Å². The molecule has 1 nitrogen and oxygen atoms in total. The largest absolute Gasteiger partial charge is 0.224 e. The van der Waals surface area contributed by atoms with Gasteiger partial charge in [0.15, 0.2) is 5.69 Å². The quantitative estimate of drug-likeness (QED) is 0.536. The summed E-state index contributed by atoms with van der Waals surface area (Å²) in [7, 11) is -0.818. The van der Waals surface area contributed by atoms with E-state index in [-0.39, 0.29) is 0 Å². The number of nitrogens with zero attached hydrogens (tertiary/aromatic N) is 1. The van der Waals surface area contributed by atoms with Crippen LogP contribution in [0.15, 0.2) is 10.9 Å². The van der Waals surface area contributed by atoms with Gasteiger partial charge in [-0.2, -0.15) is 4.57 Å². The molecule has 0 aromatic carbocycles. The molecule has 0 spiro atoms. The highest BCUT2D eigenvalue weighted by Crippen LogP contribution is 2.11. The normalized spacial score (nSPS) is 12.0. The maximum absolute atomic E-state index is 2.44. The number of rotatable bonds is 4. The SMILES string of the molecule is Cc1csc[n+]1CCC[Si](C)(C)C. The Balaban J connectivity index is 2.32. The molecule has 0 aliphatic rings. The number of aromatic nitrogens is 1. The van der Waals surface area contributed by atoms with Crippen molar-refractivity contribution in [1.82, 2.24) is 0 Å². The molecule has 1 aromatic heterocycles.